The largest absolute Gasteiger partial charge is 0.273 e. The van der Waals surface area contributed by atoms with Crippen LogP contribution in [0.3, 0.4) is 0 Å². The van der Waals surface area contributed by atoms with Crippen molar-refractivity contribution in [3.05, 3.63) is 69.7 Å². The van der Waals surface area contributed by atoms with Crippen molar-refractivity contribution in [2.24, 2.45) is 0 Å². The molecule has 126 valence electrons. The molecular weight excluding hydrogens is 394 g/mol. The van der Waals surface area contributed by atoms with E-state index >= 15 is 0 Å². The van der Waals surface area contributed by atoms with Crippen molar-refractivity contribution in [3.8, 4) is 0 Å². The Labute approximate surface area is 159 Å². The first kappa shape index (κ1) is 18.9. The molecule has 0 unspecified atom stereocenters. The van der Waals surface area contributed by atoms with Gasteiger partial charge in [-0.15, -0.1) is 11.6 Å². The highest BCUT2D eigenvalue weighted by Crippen LogP contribution is 2.22. The number of hydrogen-bond acceptors (Lipinski definition) is 2. The summed E-state index contributed by atoms with van der Waals surface area (Å²) in [5, 5.41) is 1.68. The minimum atomic E-state index is -0.629. The van der Waals surface area contributed by atoms with Crippen LogP contribution in [0.5, 0.6) is 0 Å². The first-order chi connectivity index (χ1) is 11.4. The van der Waals surface area contributed by atoms with E-state index in [4.69, 9.17) is 46.6 Å². The molecule has 2 rings (SSSR count). The summed E-state index contributed by atoms with van der Waals surface area (Å²) in [7, 11) is 0. The zero-order valence-electron chi connectivity index (χ0n) is 12.3. The Balaban J connectivity index is 2.36. The Morgan fingerprint density at radius 2 is 1.54 bits per heavy atom. The molecule has 4 nitrogen and oxygen atoms in total. The highest BCUT2D eigenvalue weighted by atomic mass is 35.5. The SMILES string of the molecule is O=C(CCl)N(Cl)N(Cc1ccccc1)C(=O)c1cc(Cl)cc(Cl)c1. The molecular formula is C16H12Cl4N2O2. The molecule has 0 fully saturated rings. The van der Waals surface area contributed by atoms with Crippen LogP contribution in [0.2, 0.25) is 10.0 Å². The second-order valence-electron chi connectivity index (χ2n) is 4.79. The van der Waals surface area contributed by atoms with Gasteiger partial charge in [0.15, 0.2) is 0 Å². The van der Waals surface area contributed by atoms with Gasteiger partial charge in [0.1, 0.15) is 5.88 Å². The highest BCUT2D eigenvalue weighted by molar-refractivity contribution is 6.35. The van der Waals surface area contributed by atoms with Crippen LogP contribution in [0.1, 0.15) is 15.9 Å². The van der Waals surface area contributed by atoms with E-state index in [0.717, 1.165) is 10.6 Å². The Bertz CT molecular complexity index is 720. The number of rotatable bonds is 4. The van der Waals surface area contributed by atoms with Crippen molar-refractivity contribution in [2.75, 3.05) is 5.88 Å². The van der Waals surface area contributed by atoms with E-state index in [-0.39, 0.29) is 18.0 Å². The molecule has 0 heterocycles. The summed E-state index contributed by atoms with van der Waals surface area (Å²) in [5.41, 5.74) is 0.989. The van der Waals surface area contributed by atoms with Gasteiger partial charge in [-0.25, -0.2) is 5.01 Å². The average Bonchev–Trinajstić information content (AvgIpc) is 2.57. The third-order valence-corrected chi connectivity index (χ3v) is 4.09. The lowest BCUT2D eigenvalue weighted by Crippen LogP contribution is -2.44. The number of nitrogens with zero attached hydrogens (tertiary/aromatic N) is 2. The van der Waals surface area contributed by atoms with E-state index in [1.165, 1.54) is 18.2 Å². The van der Waals surface area contributed by atoms with E-state index in [0.29, 0.717) is 14.6 Å². The quantitative estimate of drug-likeness (QED) is 0.417. The molecule has 0 spiro atoms. The van der Waals surface area contributed by atoms with E-state index in [1.54, 1.807) is 12.1 Å². The van der Waals surface area contributed by atoms with Crippen molar-refractivity contribution in [1.82, 2.24) is 9.54 Å². The van der Waals surface area contributed by atoms with Crippen molar-refractivity contribution in [3.63, 3.8) is 0 Å². The van der Waals surface area contributed by atoms with Gasteiger partial charge in [0, 0.05) is 27.4 Å². The van der Waals surface area contributed by atoms with Crippen LogP contribution in [0.15, 0.2) is 48.5 Å². The van der Waals surface area contributed by atoms with Crippen molar-refractivity contribution >= 4 is 58.4 Å². The van der Waals surface area contributed by atoms with Gasteiger partial charge in [-0.2, -0.15) is 4.53 Å². The Morgan fingerprint density at radius 1 is 0.958 bits per heavy atom. The maximum absolute atomic E-state index is 12.8. The fourth-order valence-electron chi connectivity index (χ4n) is 1.98. The Hall–Kier alpha value is -1.46. The number of carbonyl (C=O) groups is 2. The predicted molar refractivity (Wildman–Crippen MR) is 96.2 cm³/mol. The Kier molecular flexibility index (Phi) is 6.75. The van der Waals surface area contributed by atoms with Crippen LogP contribution in [0, 0.1) is 0 Å². The smallest absolute Gasteiger partial charge is 0.270 e. The number of hydrogen-bond donors (Lipinski definition) is 0. The summed E-state index contributed by atoms with van der Waals surface area (Å²) in [6.07, 6.45) is 0. The number of carbonyl (C=O) groups excluding carboxylic acids is 2. The van der Waals surface area contributed by atoms with Crippen molar-refractivity contribution in [1.29, 1.82) is 0 Å². The van der Waals surface area contributed by atoms with E-state index in [1.807, 2.05) is 18.2 Å². The van der Waals surface area contributed by atoms with E-state index in [2.05, 4.69) is 0 Å². The lowest BCUT2D eigenvalue weighted by Gasteiger charge is -2.29. The van der Waals surface area contributed by atoms with Gasteiger partial charge in [0.2, 0.25) is 0 Å². The number of halogens is 4. The normalized spacial score (nSPS) is 10.3. The first-order valence-corrected chi connectivity index (χ1v) is 8.41. The third kappa shape index (κ3) is 4.77. The minimum Gasteiger partial charge on any atom is -0.270 e. The molecule has 2 aromatic carbocycles. The zero-order valence-corrected chi connectivity index (χ0v) is 15.3. The summed E-state index contributed by atoms with van der Waals surface area (Å²) < 4.78 is 0.678. The van der Waals surface area contributed by atoms with E-state index in [9.17, 15) is 9.59 Å². The molecule has 0 saturated heterocycles. The number of benzene rings is 2. The maximum atomic E-state index is 12.8. The maximum Gasteiger partial charge on any atom is 0.273 e. The third-order valence-electron chi connectivity index (χ3n) is 3.05. The molecule has 2 aromatic rings. The molecule has 2 amide bonds. The monoisotopic (exact) mass is 404 g/mol. The summed E-state index contributed by atoms with van der Waals surface area (Å²) in [4.78, 5) is 24.6. The summed E-state index contributed by atoms with van der Waals surface area (Å²) >= 11 is 23.4. The molecule has 0 atom stereocenters. The van der Waals surface area contributed by atoms with Gasteiger partial charge in [-0.1, -0.05) is 53.5 Å². The van der Waals surface area contributed by atoms with Crippen LogP contribution in [0.25, 0.3) is 0 Å². The van der Waals surface area contributed by atoms with Gasteiger partial charge in [-0.05, 0) is 23.8 Å². The minimum absolute atomic E-state index is 0.0793. The van der Waals surface area contributed by atoms with Crippen LogP contribution in [-0.2, 0) is 11.3 Å². The fraction of sp³-hybridized carbons (Fsp3) is 0.125. The second-order valence-corrected chi connectivity index (χ2v) is 6.25. The topological polar surface area (TPSA) is 40.6 Å². The van der Waals surface area contributed by atoms with Gasteiger partial charge in [0.05, 0.1) is 6.54 Å². The molecule has 0 saturated carbocycles. The molecule has 8 heteroatoms. The van der Waals surface area contributed by atoms with Gasteiger partial charge < -0.3 is 0 Å². The number of amides is 2. The lowest BCUT2D eigenvalue weighted by molar-refractivity contribution is -0.132. The molecule has 0 aliphatic heterocycles. The number of alkyl halides is 1. The predicted octanol–water partition coefficient (Wildman–Crippen LogP) is 4.77. The number of hydrazine groups is 1. The standard InChI is InChI=1S/C16H12Cl4N2O2/c17-9-15(23)22(20)21(10-11-4-2-1-3-5-11)16(24)12-6-13(18)8-14(19)7-12/h1-8H,9-10H2. The molecule has 0 aliphatic rings. The Morgan fingerprint density at radius 3 is 2.08 bits per heavy atom. The summed E-state index contributed by atoms with van der Waals surface area (Å²) in [6.45, 7) is 0.0793. The molecule has 0 aliphatic carbocycles. The zero-order chi connectivity index (χ0) is 17.7. The van der Waals surface area contributed by atoms with E-state index < -0.39 is 11.8 Å². The fourth-order valence-corrected chi connectivity index (χ4v) is 2.86. The van der Waals surface area contributed by atoms with Crippen LogP contribution in [0.4, 0.5) is 0 Å². The summed E-state index contributed by atoms with van der Waals surface area (Å²) in [5.74, 6) is -1.52. The van der Waals surface area contributed by atoms with Crippen molar-refractivity contribution < 1.29 is 9.59 Å². The van der Waals surface area contributed by atoms with Crippen LogP contribution in [-0.4, -0.2) is 27.2 Å². The van der Waals surface area contributed by atoms with Crippen molar-refractivity contribution in [2.45, 2.75) is 6.54 Å². The average molecular weight is 406 g/mol. The molecule has 0 aromatic heterocycles. The molecule has 0 radical (unpaired) electrons. The molecule has 0 N–H and O–H groups in total. The molecule has 0 bridgehead atoms. The van der Waals surface area contributed by atoms with Gasteiger partial charge >= 0.3 is 0 Å². The van der Waals surface area contributed by atoms with Gasteiger partial charge in [-0.3, -0.25) is 9.59 Å². The highest BCUT2D eigenvalue weighted by Gasteiger charge is 2.26. The van der Waals surface area contributed by atoms with Crippen LogP contribution < -0.4 is 0 Å². The van der Waals surface area contributed by atoms with Crippen LogP contribution >= 0.6 is 46.6 Å². The second kappa shape index (κ2) is 8.58. The van der Waals surface area contributed by atoms with Gasteiger partial charge in [0.25, 0.3) is 11.8 Å². The first-order valence-electron chi connectivity index (χ1n) is 6.79. The summed E-state index contributed by atoms with van der Waals surface area (Å²) in [6, 6.07) is 13.5. The molecule has 24 heavy (non-hydrogen) atoms. The lowest BCUT2D eigenvalue weighted by atomic mass is 10.2.